The number of aromatic carboxylic acids is 1. The lowest BCUT2D eigenvalue weighted by atomic mass is 10.1. The van der Waals surface area contributed by atoms with Crippen molar-refractivity contribution in [3.05, 3.63) is 82.3 Å². The number of hydrogen-bond donors (Lipinski definition) is 2. The maximum Gasteiger partial charge on any atom is 0.337 e. The van der Waals surface area contributed by atoms with Gasteiger partial charge in [0, 0.05) is 17.3 Å². The summed E-state index contributed by atoms with van der Waals surface area (Å²) in [6, 6.07) is 14.4. The van der Waals surface area contributed by atoms with E-state index in [1.54, 1.807) is 18.2 Å². The van der Waals surface area contributed by atoms with Crippen LogP contribution in [0.3, 0.4) is 0 Å². The highest BCUT2D eigenvalue weighted by atomic mass is 35.5. The number of nitriles is 1. The Kier molecular flexibility index (Phi) is 5.77. The van der Waals surface area contributed by atoms with E-state index in [0.29, 0.717) is 17.0 Å². The van der Waals surface area contributed by atoms with Crippen LogP contribution in [0.4, 0.5) is 10.1 Å². The summed E-state index contributed by atoms with van der Waals surface area (Å²) in [5.41, 5.74) is 0.626. The fourth-order valence-electron chi connectivity index (χ4n) is 2.45. The third kappa shape index (κ3) is 4.69. The molecule has 2 N–H and O–H groups in total. The highest BCUT2D eigenvalue weighted by Crippen LogP contribution is 2.28. The molecule has 1 heterocycles. The Balaban J connectivity index is 1.81. The maximum atomic E-state index is 12.9. The van der Waals surface area contributed by atoms with Crippen molar-refractivity contribution in [1.29, 1.82) is 5.26 Å². The zero-order chi connectivity index (χ0) is 21.0. The third-order valence-corrected chi connectivity index (χ3v) is 4.18. The highest BCUT2D eigenvalue weighted by molar-refractivity contribution is 6.33. The van der Waals surface area contributed by atoms with Crippen LogP contribution in [0.5, 0.6) is 0 Å². The Bertz CT molecular complexity index is 1160. The zero-order valence-electron chi connectivity index (χ0n) is 14.6. The molecule has 29 heavy (non-hydrogen) atoms. The van der Waals surface area contributed by atoms with Gasteiger partial charge in [0.1, 0.15) is 29.0 Å². The molecule has 0 aliphatic rings. The van der Waals surface area contributed by atoms with E-state index >= 15 is 0 Å². The van der Waals surface area contributed by atoms with Crippen LogP contribution < -0.4 is 5.32 Å². The fourth-order valence-corrected chi connectivity index (χ4v) is 2.71. The van der Waals surface area contributed by atoms with E-state index in [1.807, 2.05) is 0 Å². The van der Waals surface area contributed by atoms with Crippen LogP contribution in [0.15, 0.2) is 64.6 Å². The second-order valence-electron chi connectivity index (χ2n) is 5.83. The van der Waals surface area contributed by atoms with E-state index < -0.39 is 17.7 Å². The SMILES string of the molecule is N#C/C(=C/c1ccc(-c2ccc(C(=O)O)c(Cl)c2)o1)C(=O)Nc1ccc(F)cc1. The summed E-state index contributed by atoms with van der Waals surface area (Å²) in [4.78, 5) is 23.3. The molecule has 1 aromatic heterocycles. The number of rotatable bonds is 5. The molecule has 8 heteroatoms. The topological polar surface area (TPSA) is 103 Å². The van der Waals surface area contributed by atoms with Crippen molar-refractivity contribution in [2.75, 3.05) is 5.32 Å². The van der Waals surface area contributed by atoms with Gasteiger partial charge in [-0.3, -0.25) is 4.79 Å². The molecule has 0 atom stereocenters. The molecule has 6 nitrogen and oxygen atoms in total. The summed E-state index contributed by atoms with van der Waals surface area (Å²) in [5.74, 6) is -1.64. The molecule has 0 saturated carbocycles. The average molecular weight is 411 g/mol. The molecule has 0 fully saturated rings. The molecule has 1 amide bonds. The molecule has 0 spiro atoms. The van der Waals surface area contributed by atoms with E-state index in [-0.39, 0.29) is 21.9 Å². The number of carboxylic acids is 1. The van der Waals surface area contributed by atoms with Gasteiger partial charge in [0.25, 0.3) is 5.91 Å². The van der Waals surface area contributed by atoms with Gasteiger partial charge in [0.2, 0.25) is 0 Å². The molecule has 0 aliphatic heterocycles. The Morgan fingerprint density at radius 2 is 1.86 bits per heavy atom. The number of anilines is 1. The van der Waals surface area contributed by atoms with Crippen LogP contribution in [-0.4, -0.2) is 17.0 Å². The van der Waals surface area contributed by atoms with Gasteiger partial charge >= 0.3 is 5.97 Å². The molecule has 0 aliphatic carbocycles. The lowest BCUT2D eigenvalue weighted by Gasteiger charge is -2.03. The number of hydrogen-bond acceptors (Lipinski definition) is 4. The van der Waals surface area contributed by atoms with Crippen molar-refractivity contribution < 1.29 is 23.5 Å². The predicted molar refractivity (Wildman–Crippen MR) is 105 cm³/mol. The standard InChI is InChI=1S/C21H12ClFN2O4/c22-18-10-12(1-7-17(18)21(27)28)19-8-6-16(29-19)9-13(11-24)20(26)25-15-4-2-14(23)3-5-15/h1-10H,(H,25,26)(H,27,28)/b13-9-. The van der Waals surface area contributed by atoms with Gasteiger partial charge in [-0.05, 0) is 48.5 Å². The van der Waals surface area contributed by atoms with Crippen LogP contribution in [0.25, 0.3) is 17.4 Å². The number of nitrogens with one attached hydrogen (secondary N) is 1. The van der Waals surface area contributed by atoms with Gasteiger partial charge in [-0.15, -0.1) is 0 Å². The van der Waals surface area contributed by atoms with Gasteiger partial charge in [0.05, 0.1) is 10.6 Å². The van der Waals surface area contributed by atoms with E-state index in [0.717, 1.165) is 0 Å². The lowest BCUT2D eigenvalue weighted by Crippen LogP contribution is -2.13. The van der Waals surface area contributed by atoms with Crippen molar-refractivity contribution in [2.24, 2.45) is 0 Å². The minimum absolute atomic E-state index is 0.0358. The Morgan fingerprint density at radius 3 is 2.48 bits per heavy atom. The average Bonchev–Trinajstić information content (AvgIpc) is 3.16. The molecule has 0 radical (unpaired) electrons. The lowest BCUT2D eigenvalue weighted by molar-refractivity contribution is -0.112. The van der Waals surface area contributed by atoms with Gasteiger partial charge in [-0.2, -0.15) is 5.26 Å². The number of halogens is 2. The highest BCUT2D eigenvalue weighted by Gasteiger charge is 2.13. The summed E-state index contributed by atoms with van der Waals surface area (Å²) in [5, 5.41) is 20.8. The Labute approximate surface area is 169 Å². The van der Waals surface area contributed by atoms with Crippen molar-refractivity contribution in [2.45, 2.75) is 0 Å². The Morgan fingerprint density at radius 1 is 1.14 bits per heavy atom. The first-order valence-electron chi connectivity index (χ1n) is 8.19. The molecule has 0 bridgehead atoms. The van der Waals surface area contributed by atoms with E-state index in [1.165, 1.54) is 48.5 Å². The first-order valence-corrected chi connectivity index (χ1v) is 8.57. The number of nitrogens with zero attached hydrogens (tertiary/aromatic N) is 1. The maximum absolute atomic E-state index is 12.9. The van der Waals surface area contributed by atoms with Crippen LogP contribution >= 0.6 is 11.6 Å². The van der Waals surface area contributed by atoms with Crippen LogP contribution in [0.2, 0.25) is 5.02 Å². The molecule has 3 aromatic rings. The molecule has 2 aromatic carbocycles. The number of carbonyl (C=O) groups excluding carboxylic acids is 1. The summed E-state index contributed by atoms with van der Waals surface area (Å²) in [6.45, 7) is 0. The number of carbonyl (C=O) groups is 2. The second kappa shape index (κ2) is 8.42. The van der Waals surface area contributed by atoms with Gasteiger partial charge in [-0.1, -0.05) is 17.7 Å². The molecule has 144 valence electrons. The fraction of sp³-hybridized carbons (Fsp3) is 0. The normalized spacial score (nSPS) is 11.0. The largest absolute Gasteiger partial charge is 0.478 e. The summed E-state index contributed by atoms with van der Waals surface area (Å²) in [7, 11) is 0. The van der Waals surface area contributed by atoms with Gasteiger partial charge in [0.15, 0.2) is 0 Å². The number of furan rings is 1. The van der Waals surface area contributed by atoms with Gasteiger partial charge < -0.3 is 14.8 Å². The van der Waals surface area contributed by atoms with E-state index in [4.69, 9.17) is 21.1 Å². The summed E-state index contributed by atoms with van der Waals surface area (Å²) in [6.07, 6.45) is 1.26. The van der Waals surface area contributed by atoms with Crippen molar-refractivity contribution in [3.8, 4) is 17.4 Å². The number of carboxylic acid groups (broad SMARTS) is 1. The summed E-state index contributed by atoms with van der Waals surface area (Å²) >= 11 is 5.96. The van der Waals surface area contributed by atoms with Gasteiger partial charge in [-0.25, -0.2) is 9.18 Å². The second-order valence-corrected chi connectivity index (χ2v) is 6.24. The van der Waals surface area contributed by atoms with Crippen LogP contribution in [0, 0.1) is 17.1 Å². The first kappa shape index (κ1) is 19.9. The van der Waals surface area contributed by atoms with Crippen molar-refractivity contribution in [1.82, 2.24) is 0 Å². The first-order chi connectivity index (χ1) is 13.9. The Hall–Kier alpha value is -3.89. The number of benzene rings is 2. The molecular weight excluding hydrogens is 399 g/mol. The zero-order valence-corrected chi connectivity index (χ0v) is 15.4. The minimum Gasteiger partial charge on any atom is -0.478 e. The predicted octanol–water partition coefficient (Wildman–Crippen LogP) is 4.98. The van der Waals surface area contributed by atoms with Crippen LogP contribution in [0.1, 0.15) is 16.1 Å². The van der Waals surface area contributed by atoms with E-state index in [2.05, 4.69) is 5.32 Å². The third-order valence-electron chi connectivity index (χ3n) is 3.86. The molecular formula is C21H12ClFN2O4. The van der Waals surface area contributed by atoms with Crippen molar-refractivity contribution >= 4 is 35.2 Å². The smallest absolute Gasteiger partial charge is 0.337 e. The van der Waals surface area contributed by atoms with E-state index in [9.17, 15) is 19.2 Å². The molecule has 0 unspecified atom stereocenters. The molecule has 0 saturated heterocycles. The monoisotopic (exact) mass is 410 g/mol. The quantitative estimate of drug-likeness (QED) is 0.456. The summed E-state index contributed by atoms with van der Waals surface area (Å²) < 4.78 is 18.5. The molecule has 3 rings (SSSR count). The van der Waals surface area contributed by atoms with Crippen molar-refractivity contribution in [3.63, 3.8) is 0 Å². The van der Waals surface area contributed by atoms with Crippen LogP contribution in [-0.2, 0) is 4.79 Å². The minimum atomic E-state index is -1.14. The number of amides is 1.